The Morgan fingerprint density at radius 2 is 1.94 bits per heavy atom. The summed E-state index contributed by atoms with van der Waals surface area (Å²) in [4.78, 5) is 11.8. The van der Waals surface area contributed by atoms with Crippen molar-refractivity contribution >= 4 is 5.97 Å². The molecule has 1 radical (unpaired) electrons. The molecule has 0 saturated carbocycles. The second kappa shape index (κ2) is 5.30. The molecule has 0 unspecified atom stereocenters. The molecule has 0 aromatic heterocycles. The van der Waals surface area contributed by atoms with E-state index in [1.807, 2.05) is 42.5 Å². The molecule has 85 valence electrons. The van der Waals surface area contributed by atoms with Gasteiger partial charge in [0.05, 0.1) is 12.2 Å². The molecule has 0 aliphatic rings. The van der Waals surface area contributed by atoms with Crippen LogP contribution in [0.1, 0.15) is 17.3 Å². The maximum Gasteiger partial charge on any atom is 0.338 e. The summed E-state index contributed by atoms with van der Waals surface area (Å²) < 4.78 is 5.04. The summed E-state index contributed by atoms with van der Waals surface area (Å²) in [5.41, 5.74) is 2.33. The Balaban J connectivity index is 2.45. The van der Waals surface area contributed by atoms with E-state index in [9.17, 15) is 4.79 Å². The average Bonchev–Trinajstić information content (AvgIpc) is 2.40. The second-order valence-corrected chi connectivity index (χ2v) is 3.54. The van der Waals surface area contributed by atoms with Crippen LogP contribution in [0.25, 0.3) is 11.1 Å². The Morgan fingerprint density at radius 3 is 2.65 bits per heavy atom. The molecule has 2 aromatic rings. The van der Waals surface area contributed by atoms with Crippen LogP contribution in [0.15, 0.2) is 48.5 Å². The maximum absolute atomic E-state index is 11.8. The zero-order chi connectivity index (χ0) is 12.1. The standard InChI is InChI=1S/C15H13O2/c1-2-17-15(16)14-11-7-6-10-13(14)12-8-4-3-5-9-12/h3-8,10-11H,2H2,1H3. The van der Waals surface area contributed by atoms with Gasteiger partial charge in [-0.2, -0.15) is 0 Å². The first-order chi connectivity index (χ1) is 8.33. The predicted molar refractivity (Wildman–Crippen MR) is 66.7 cm³/mol. The van der Waals surface area contributed by atoms with E-state index in [2.05, 4.69) is 6.07 Å². The molecule has 0 bridgehead atoms. The lowest BCUT2D eigenvalue weighted by molar-refractivity contribution is 0.0527. The summed E-state index contributed by atoms with van der Waals surface area (Å²) >= 11 is 0. The number of benzene rings is 2. The molecule has 0 fully saturated rings. The van der Waals surface area contributed by atoms with Crippen LogP contribution in [0.3, 0.4) is 0 Å². The third-order valence-corrected chi connectivity index (χ3v) is 2.42. The van der Waals surface area contributed by atoms with Gasteiger partial charge in [0.25, 0.3) is 0 Å². The Morgan fingerprint density at radius 1 is 1.18 bits per heavy atom. The normalized spacial score (nSPS) is 9.94. The van der Waals surface area contributed by atoms with Gasteiger partial charge in [-0.1, -0.05) is 42.5 Å². The molecule has 2 heteroatoms. The number of esters is 1. The minimum Gasteiger partial charge on any atom is -0.462 e. The Kier molecular flexibility index (Phi) is 3.55. The van der Waals surface area contributed by atoms with Crippen LogP contribution in [-0.2, 0) is 4.74 Å². The fourth-order valence-corrected chi connectivity index (χ4v) is 1.67. The number of hydrogen-bond acceptors (Lipinski definition) is 2. The van der Waals surface area contributed by atoms with Crippen molar-refractivity contribution in [2.75, 3.05) is 6.61 Å². The molecule has 0 atom stereocenters. The summed E-state index contributed by atoms with van der Waals surface area (Å²) in [6, 6.07) is 18.1. The third kappa shape index (κ3) is 2.53. The largest absolute Gasteiger partial charge is 0.462 e. The molecule has 2 aromatic carbocycles. The van der Waals surface area contributed by atoms with E-state index in [-0.39, 0.29) is 5.97 Å². The zero-order valence-corrected chi connectivity index (χ0v) is 9.64. The third-order valence-electron chi connectivity index (χ3n) is 2.42. The monoisotopic (exact) mass is 225 g/mol. The molecule has 0 saturated heterocycles. The number of hydrogen-bond donors (Lipinski definition) is 0. The first-order valence-corrected chi connectivity index (χ1v) is 5.56. The maximum atomic E-state index is 11.8. The van der Waals surface area contributed by atoms with Crippen LogP contribution in [0.4, 0.5) is 0 Å². The number of rotatable bonds is 3. The van der Waals surface area contributed by atoms with E-state index in [4.69, 9.17) is 4.74 Å². The van der Waals surface area contributed by atoms with Crippen molar-refractivity contribution in [1.29, 1.82) is 0 Å². The van der Waals surface area contributed by atoms with Crippen molar-refractivity contribution < 1.29 is 9.53 Å². The van der Waals surface area contributed by atoms with E-state index in [0.717, 1.165) is 11.1 Å². The first kappa shape index (κ1) is 11.4. The molecule has 17 heavy (non-hydrogen) atoms. The van der Waals surface area contributed by atoms with Gasteiger partial charge in [-0.25, -0.2) is 4.79 Å². The van der Waals surface area contributed by atoms with Gasteiger partial charge in [0.15, 0.2) is 0 Å². The lowest BCUT2D eigenvalue weighted by Gasteiger charge is -2.08. The molecule has 0 amide bonds. The fraction of sp³-hybridized carbons (Fsp3) is 0.133. The number of carbonyl (C=O) groups is 1. The predicted octanol–water partition coefficient (Wildman–Crippen LogP) is 3.33. The Bertz CT molecular complexity index is 503. The van der Waals surface area contributed by atoms with E-state index < -0.39 is 0 Å². The lowest BCUT2D eigenvalue weighted by Crippen LogP contribution is -2.06. The van der Waals surface area contributed by atoms with E-state index >= 15 is 0 Å². The van der Waals surface area contributed by atoms with Crippen molar-refractivity contribution in [2.24, 2.45) is 0 Å². The Hall–Kier alpha value is -2.09. The summed E-state index contributed by atoms with van der Waals surface area (Å²) in [5, 5.41) is 0. The fourth-order valence-electron chi connectivity index (χ4n) is 1.67. The highest BCUT2D eigenvalue weighted by molar-refractivity contribution is 5.97. The summed E-state index contributed by atoms with van der Waals surface area (Å²) in [6.07, 6.45) is 0. The van der Waals surface area contributed by atoms with Gasteiger partial charge >= 0.3 is 5.97 Å². The molecule has 0 aliphatic heterocycles. The van der Waals surface area contributed by atoms with Crippen molar-refractivity contribution in [3.63, 3.8) is 0 Å². The van der Waals surface area contributed by atoms with Gasteiger partial charge in [-0.05, 0) is 30.2 Å². The number of carbonyl (C=O) groups excluding carboxylic acids is 1. The highest BCUT2D eigenvalue weighted by Gasteiger charge is 2.12. The van der Waals surface area contributed by atoms with Gasteiger partial charge in [-0.15, -0.1) is 0 Å². The van der Waals surface area contributed by atoms with Gasteiger partial charge in [0.2, 0.25) is 0 Å². The average molecular weight is 225 g/mol. The molecular formula is C15H13O2. The number of ether oxygens (including phenoxy) is 1. The van der Waals surface area contributed by atoms with Crippen molar-refractivity contribution in [1.82, 2.24) is 0 Å². The highest BCUT2D eigenvalue weighted by Crippen LogP contribution is 2.23. The quantitative estimate of drug-likeness (QED) is 0.749. The first-order valence-electron chi connectivity index (χ1n) is 5.56. The minimum absolute atomic E-state index is 0.291. The molecule has 0 heterocycles. The van der Waals surface area contributed by atoms with E-state index in [0.29, 0.717) is 12.2 Å². The molecule has 2 rings (SSSR count). The molecule has 2 nitrogen and oxygen atoms in total. The molecule has 0 N–H and O–H groups in total. The van der Waals surface area contributed by atoms with Crippen LogP contribution in [-0.4, -0.2) is 12.6 Å². The molecule has 0 spiro atoms. The van der Waals surface area contributed by atoms with Crippen molar-refractivity contribution in [3.05, 3.63) is 60.2 Å². The van der Waals surface area contributed by atoms with Crippen molar-refractivity contribution in [3.8, 4) is 11.1 Å². The van der Waals surface area contributed by atoms with Gasteiger partial charge in [0.1, 0.15) is 0 Å². The second-order valence-electron chi connectivity index (χ2n) is 3.54. The summed E-state index contributed by atoms with van der Waals surface area (Å²) in [7, 11) is 0. The minimum atomic E-state index is -0.291. The smallest absolute Gasteiger partial charge is 0.338 e. The summed E-state index contributed by atoms with van der Waals surface area (Å²) in [6.45, 7) is 2.18. The highest BCUT2D eigenvalue weighted by atomic mass is 16.5. The van der Waals surface area contributed by atoms with Crippen LogP contribution in [0.2, 0.25) is 0 Å². The molecule has 0 aliphatic carbocycles. The lowest BCUT2D eigenvalue weighted by atomic mass is 10.00. The van der Waals surface area contributed by atoms with Crippen LogP contribution in [0.5, 0.6) is 0 Å². The SMILES string of the molecule is CCOC(=O)c1ccccc1-c1[c]cccc1. The van der Waals surface area contributed by atoms with Crippen LogP contribution in [0, 0.1) is 6.07 Å². The van der Waals surface area contributed by atoms with E-state index in [1.165, 1.54) is 0 Å². The van der Waals surface area contributed by atoms with Crippen molar-refractivity contribution in [2.45, 2.75) is 6.92 Å². The van der Waals surface area contributed by atoms with E-state index in [1.54, 1.807) is 13.0 Å². The van der Waals surface area contributed by atoms with Crippen LogP contribution < -0.4 is 0 Å². The zero-order valence-electron chi connectivity index (χ0n) is 9.64. The van der Waals surface area contributed by atoms with Gasteiger partial charge in [-0.3, -0.25) is 0 Å². The van der Waals surface area contributed by atoms with Gasteiger partial charge in [0, 0.05) is 0 Å². The molecular weight excluding hydrogens is 212 g/mol. The summed E-state index contributed by atoms with van der Waals surface area (Å²) in [5.74, 6) is -0.291. The van der Waals surface area contributed by atoms with Crippen LogP contribution >= 0.6 is 0 Å². The Labute approximate surface area is 101 Å². The van der Waals surface area contributed by atoms with Gasteiger partial charge < -0.3 is 4.74 Å². The topological polar surface area (TPSA) is 26.3 Å².